The molecule has 0 saturated heterocycles. The van der Waals surface area contributed by atoms with E-state index in [0.717, 1.165) is 16.8 Å². The standard InChI is InChI=1S/C13H15N3O2S/c1-8-4-5-9(2)11(6-8)14-12(17)7-19-13-16-15-10(3)18-13/h4-6H,7H2,1-3H3,(H,14,17). The second kappa shape index (κ2) is 5.88. The van der Waals surface area contributed by atoms with E-state index in [1.54, 1.807) is 6.92 Å². The summed E-state index contributed by atoms with van der Waals surface area (Å²) in [6, 6.07) is 5.95. The minimum atomic E-state index is -0.0884. The van der Waals surface area contributed by atoms with Crippen LogP contribution in [0.1, 0.15) is 17.0 Å². The zero-order chi connectivity index (χ0) is 13.8. The van der Waals surface area contributed by atoms with E-state index in [4.69, 9.17) is 4.42 Å². The van der Waals surface area contributed by atoms with Gasteiger partial charge in [0, 0.05) is 12.6 Å². The molecule has 1 amide bonds. The fourth-order valence-electron chi connectivity index (χ4n) is 1.52. The summed E-state index contributed by atoms with van der Waals surface area (Å²) in [7, 11) is 0. The van der Waals surface area contributed by atoms with Crippen molar-refractivity contribution in [3.05, 3.63) is 35.2 Å². The Morgan fingerprint density at radius 2 is 2.11 bits per heavy atom. The number of carbonyl (C=O) groups excluding carboxylic acids is 1. The van der Waals surface area contributed by atoms with Crippen molar-refractivity contribution in [1.29, 1.82) is 0 Å². The van der Waals surface area contributed by atoms with Crippen LogP contribution in [0, 0.1) is 20.8 Å². The van der Waals surface area contributed by atoms with Crippen LogP contribution < -0.4 is 5.32 Å². The van der Waals surface area contributed by atoms with Crippen molar-refractivity contribution in [2.45, 2.75) is 26.0 Å². The molecule has 1 aromatic carbocycles. The minimum absolute atomic E-state index is 0.0884. The van der Waals surface area contributed by atoms with Crippen LogP contribution in [0.5, 0.6) is 0 Å². The SMILES string of the molecule is Cc1ccc(C)c(NC(=O)CSc2nnc(C)o2)c1. The van der Waals surface area contributed by atoms with Crippen LogP contribution in [-0.2, 0) is 4.79 Å². The molecule has 0 unspecified atom stereocenters. The molecule has 1 N–H and O–H groups in total. The molecule has 2 rings (SSSR count). The predicted octanol–water partition coefficient (Wildman–Crippen LogP) is 2.73. The minimum Gasteiger partial charge on any atom is -0.416 e. The Labute approximate surface area is 115 Å². The first-order valence-corrected chi connectivity index (χ1v) is 6.83. The number of thioether (sulfide) groups is 1. The van der Waals surface area contributed by atoms with Crippen LogP contribution in [0.25, 0.3) is 0 Å². The lowest BCUT2D eigenvalue weighted by Gasteiger charge is -2.08. The summed E-state index contributed by atoms with van der Waals surface area (Å²) in [5.41, 5.74) is 2.99. The molecule has 0 spiro atoms. The number of nitrogens with one attached hydrogen (secondary N) is 1. The Kier molecular flexibility index (Phi) is 4.21. The van der Waals surface area contributed by atoms with Gasteiger partial charge >= 0.3 is 0 Å². The van der Waals surface area contributed by atoms with Crippen molar-refractivity contribution in [2.24, 2.45) is 0 Å². The molecule has 0 aliphatic rings. The quantitative estimate of drug-likeness (QED) is 0.870. The highest BCUT2D eigenvalue weighted by molar-refractivity contribution is 7.99. The summed E-state index contributed by atoms with van der Waals surface area (Å²) in [5.74, 6) is 0.654. The number of aromatic nitrogens is 2. The molecule has 0 aliphatic carbocycles. The number of nitrogens with zero attached hydrogens (tertiary/aromatic N) is 2. The van der Waals surface area contributed by atoms with Gasteiger partial charge in [-0.05, 0) is 31.0 Å². The number of carbonyl (C=O) groups is 1. The molecule has 1 heterocycles. The Morgan fingerprint density at radius 3 is 2.79 bits per heavy atom. The molecule has 0 saturated carbocycles. The van der Waals surface area contributed by atoms with Crippen molar-refractivity contribution in [3.8, 4) is 0 Å². The lowest BCUT2D eigenvalue weighted by Crippen LogP contribution is -2.14. The maximum atomic E-state index is 11.8. The first kappa shape index (κ1) is 13.6. The Balaban J connectivity index is 1.92. The zero-order valence-electron chi connectivity index (χ0n) is 11.1. The van der Waals surface area contributed by atoms with Gasteiger partial charge in [-0.15, -0.1) is 10.2 Å². The van der Waals surface area contributed by atoms with Gasteiger partial charge in [0.1, 0.15) is 0 Å². The van der Waals surface area contributed by atoms with Gasteiger partial charge < -0.3 is 9.73 Å². The number of aryl methyl sites for hydroxylation is 3. The van der Waals surface area contributed by atoms with E-state index < -0.39 is 0 Å². The maximum Gasteiger partial charge on any atom is 0.277 e. The maximum absolute atomic E-state index is 11.8. The molecular weight excluding hydrogens is 262 g/mol. The van der Waals surface area contributed by atoms with Crippen LogP contribution in [0.2, 0.25) is 0 Å². The molecule has 6 heteroatoms. The van der Waals surface area contributed by atoms with E-state index in [1.165, 1.54) is 11.8 Å². The molecule has 2 aromatic rings. The van der Waals surface area contributed by atoms with Gasteiger partial charge in [0.25, 0.3) is 5.22 Å². The van der Waals surface area contributed by atoms with Crippen LogP contribution in [0.3, 0.4) is 0 Å². The number of hydrogen-bond donors (Lipinski definition) is 1. The second-order valence-corrected chi connectivity index (χ2v) is 5.17. The number of anilines is 1. The van der Waals surface area contributed by atoms with Gasteiger partial charge in [-0.25, -0.2) is 0 Å². The van der Waals surface area contributed by atoms with E-state index in [0.29, 0.717) is 11.1 Å². The third-order valence-electron chi connectivity index (χ3n) is 2.50. The van der Waals surface area contributed by atoms with E-state index in [-0.39, 0.29) is 11.7 Å². The highest BCUT2D eigenvalue weighted by Gasteiger charge is 2.09. The Bertz CT molecular complexity index is 595. The first-order chi connectivity index (χ1) is 9.04. The zero-order valence-corrected chi connectivity index (χ0v) is 11.9. The van der Waals surface area contributed by atoms with Gasteiger partial charge in [0.2, 0.25) is 11.8 Å². The third-order valence-corrected chi connectivity index (χ3v) is 3.32. The number of hydrogen-bond acceptors (Lipinski definition) is 5. The monoisotopic (exact) mass is 277 g/mol. The second-order valence-electron chi connectivity index (χ2n) is 4.24. The topological polar surface area (TPSA) is 68.0 Å². The summed E-state index contributed by atoms with van der Waals surface area (Å²) < 4.78 is 5.19. The normalized spacial score (nSPS) is 10.5. The summed E-state index contributed by atoms with van der Waals surface area (Å²) in [6.45, 7) is 5.67. The highest BCUT2D eigenvalue weighted by Crippen LogP contribution is 2.19. The average Bonchev–Trinajstić information content (AvgIpc) is 2.77. The highest BCUT2D eigenvalue weighted by atomic mass is 32.2. The molecule has 100 valence electrons. The third kappa shape index (κ3) is 3.82. The lowest BCUT2D eigenvalue weighted by molar-refractivity contribution is -0.113. The number of amides is 1. The van der Waals surface area contributed by atoms with Crippen molar-refractivity contribution < 1.29 is 9.21 Å². The van der Waals surface area contributed by atoms with Crippen LogP contribution in [0.4, 0.5) is 5.69 Å². The largest absolute Gasteiger partial charge is 0.416 e. The molecular formula is C13H15N3O2S. The van der Waals surface area contributed by atoms with Crippen molar-refractivity contribution in [3.63, 3.8) is 0 Å². The summed E-state index contributed by atoms with van der Waals surface area (Å²) in [5, 5.41) is 10.8. The van der Waals surface area contributed by atoms with Crippen LogP contribution >= 0.6 is 11.8 Å². The van der Waals surface area contributed by atoms with Gasteiger partial charge in [-0.3, -0.25) is 4.79 Å². The molecule has 1 aromatic heterocycles. The van der Waals surface area contributed by atoms with Crippen molar-refractivity contribution >= 4 is 23.4 Å². The average molecular weight is 277 g/mol. The Morgan fingerprint density at radius 1 is 1.32 bits per heavy atom. The van der Waals surface area contributed by atoms with E-state index in [1.807, 2.05) is 32.0 Å². The predicted molar refractivity (Wildman–Crippen MR) is 74.3 cm³/mol. The number of rotatable bonds is 4. The molecule has 19 heavy (non-hydrogen) atoms. The van der Waals surface area contributed by atoms with E-state index >= 15 is 0 Å². The lowest BCUT2D eigenvalue weighted by atomic mass is 10.1. The first-order valence-electron chi connectivity index (χ1n) is 5.84. The molecule has 0 aliphatic heterocycles. The molecule has 0 fully saturated rings. The van der Waals surface area contributed by atoms with Crippen molar-refractivity contribution in [1.82, 2.24) is 10.2 Å². The summed E-state index contributed by atoms with van der Waals surface area (Å²) in [6.07, 6.45) is 0. The van der Waals surface area contributed by atoms with Crippen LogP contribution in [-0.4, -0.2) is 21.9 Å². The van der Waals surface area contributed by atoms with Gasteiger partial charge in [-0.1, -0.05) is 23.9 Å². The van der Waals surface area contributed by atoms with Gasteiger partial charge in [0.05, 0.1) is 5.75 Å². The van der Waals surface area contributed by atoms with Gasteiger partial charge in [-0.2, -0.15) is 0 Å². The van der Waals surface area contributed by atoms with Crippen molar-refractivity contribution in [2.75, 3.05) is 11.1 Å². The molecule has 0 atom stereocenters. The summed E-state index contributed by atoms with van der Waals surface area (Å²) in [4.78, 5) is 11.8. The molecule has 0 bridgehead atoms. The number of benzene rings is 1. The molecule has 5 nitrogen and oxygen atoms in total. The summed E-state index contributed by atoms with van der Waals surface area (Å²) >= 11 is 1.23. The van der Waals surface area contributed by atoms with E-state index in [9.17, 15) is 4.79 Å². The molecule has 0 radical (unpaired) electrons. The fraction of sp³-hybridized carbons (Fsp3) is 0.308. The van der Waals surface area contributed by atoms with Gasteiger partial charge in [0.15, 0.2) is 0 Å². The van der Waals surface area contributed by atoms with E-state index in [2.05, 4.69) is 15.5 Å². The fourth-order valence-corrected chi connectivity index (χ4v) is 2.13. The smallest absolute Gasteiger partial charge is 0.277 e. The Hall–Kier alpha value is -1.82. The van der Waals surface area contributed by atoms with Crippen LogP contribution in [0.15, 0.2) is 27.8 Å².